The third kappa shape index (κ3) is 7.62. The molecule has 1 amide bonds. The van der Waals surface area contributed by atoms with Crippen LogP contribution in [0, 0.1) is 0 Å². The van der Waals surface area contributed by atoms with E-state index in [1.807, 2.05) is 30.3 Å². The molecule has 0 aliphatic carbocycles. The van der Waals surface area contributed by atoms with Crippen molar-refractivity contribution in [2.24, 2.45) is 0 Å². The van der Waals surface area contributed by atoms with Crippen molar-refractivity contribution in [2.45, 2.75) is 37.0 Å². The minimum absolute atomic E-state index is 0.171. The molecule has 1 fully saturated rings. The van der Waals surface area contributed by atoms with Crippen LogP contribution in [0.1, 0.15) is 30.4 Å². The molecule has 2 N–H and O–H groups in total. The molecule has 10 heteroatoms. The number of amides is 1. The van der Waals surface area contributed by atoms with E-state index in [1.54, 1.807) is 31.4 Å². The van der Waals surface area contributed by atoms with E-state index in [0.717, 1.165) is 53.0 Å². The van der Waals surface area contributed by atoms with Gasteiger partial charge in [0.25, 0.3) is 15.9 Å². The summed E-state index contributed by atoms with van der Waals surface area (Å²) in [6, 6.07) is 16.5. The van der Waals surface area contributed by atoms with Crippen LogP contribution in [0.4, 0.5) is 0 Å². The predicted molar refractivity (Wildman–Crippen MR) is 144 cm³/mol. The van der Waals surface area contributed by atoms with Gasteiger partial charge >= 0.3 is 0 Å². The van der Waals surface area contributed by atoms with Gasteiger partial charge in [0.2, 0.25) is 0 Å². The molecular formula is C28H33N3O6S. The number of hydrogen-bond acceptors (Lipinski definition) is 7. The normalized spacial score (nSPS) is 16.1. The smallest absolute Gasteiger partial charge is 0.267 e. The van der Waals surface area contributed by atoms with Gasteiger partial charge in [-0.15, -0.1) is 0 Å². The number of benzene rings is 2. The summed E-state index contributed by atoms with van der Waals surface area (Å²) in [5.74, 6) is -0.459. The molecule has 1 aliphatic heterocycles. The van der Waals surface area contributed by atoms with Gasteiger partial charge in [0.15, 0.2) is 6.29 Å². The monoisotopic (exact) mass is 539 g/mol. The Morgan fingerprint density at radius 3 is 2.74 bits per heavy atom. The first-order valence-corrected chi connectivity index (χ1v) is 14.0. The Labute approximate surface area is 223 Å². The van der Waals surface area contributed by atoms with Crippen molar-refractivity contribution >= 4 is 22.0 Å². The standard InChI is InChI=1S/C28H33N3O6S/c1-35-18-15-29-20-22-8-11-24(12-9-22)25-5-4-6-26(19-25)38(33,34)31-16-14-23(21-31)10-13-27(32)30-37-28-7-2-3-17-36-28/h4-6,8-14,16,19,21,28-29H,2-3,7,15,17-18,20H2,1H3,(H,30,32). The largest absolute Gasteiger partial charge is 0.383 e. The molecule has 0 saturated carbocycles. The lowest BCUT2D eigenvalue weighted by Crippen LogP contribution is -2.32. The number of aromatic nitrogens is 1. The molecule has 38 heavy (non-hydrogen) atoms. The fourth-order valence-corrected chi connectivity index (χ4v) is 5.21. The van der Waals surface area contributed by atoms with Gasteiger partial charge < -0.3 is 14.8 Å². The zero-order valence-corrected chi connectivity index (χ0v) is 22.2. The molecule has 2 heterocycles. The van der Waals surface area contributed by atoms with E-state index in [0.29, 0.717) is 18.8 Å². The number of nitrogens with one attached hydrogen (secondary N) is 2. The van der Waals surface area contributed by atoms with Crippen molar-refractivity contribution in [1.82, 2.24) is 14.8 Å². The van der Waals surface area contributed by atoms with Crippen LogP contribution < -0.4 is 10.8 Å². The summed E-state index contributed by atoms with van der Waals surface area (Å²) in [5, 5.41) is 3.30. The highest BCUT2D eigenvalue weighted by Gasteiger charge is 2.18. The molecule has 0 spiro atoms. The minimum Gasteiger partial charge on any atom is -0.383 e. The molecule has 1 saturated heterocycles. The molecule has 0 radical (unpaired) electrons. The maximum Gasteiger partial charge on any atom is 0.267 e. The Balaban J connectivity index is 1.38. The van der Waals surface area contributed by atoms with Crippen molar-refractivity contribution in [3.63, 3.8) is 0 Å². The van der Waals surface area contributed by atoms with Gasteiger partial charge in [0.1, 0.15) is 0 Å². The third-order valence-electron chi connectivity index (χ3n) is 6.06. The van der Waals surface area contributed by atoms with Gasteiger partial charge in [-0.25, -0.2) is 22.7 Å². The maximum atomic E-state index is 13.3. The number of hydrogen-bond donors (Lipinski definition) is 2. The Bertz CT molecular complexity index is 1330. The second-order valence-electron chi connectivity index (χ2n) is 8.89. The first-order chi connectivity index (χ1) is 18.5. The molecule has 2 aromatic carbocycles. The van der Waals surface area contributed by atoms with Crippen LogP contribution in [-0.4, -0.2) is 51.5 Å². The van der Waals surface area contributed by atoms with Crippen LogP contribution in [0.2, 0.25) is 0 Å². The second-order valence-corrected chi connectivity index (χ2v) is 10.7. The quantitative estimate of drug-likeness (QED) is 0.205. The van der Waals surface area contributed by atoms with Crippen LogP contribution in [0.3, 0.4) is 0 Å². The van der Waals surface area contributed by atoms with Crippen LogP contribution >= 0.6 is 0 Å². The number of rotatable bonds is 12. The van der Waals surface area contributed by atoms with Crippen LogP contribution in [-0.2, 0) is 35.7 Å². The van der Waals surface area contributed by atoms with Crippen LogP contribution in [0.25, 0.3) is 17.2 Å². The predicted octanol–water partition coefficient (Wildman–Crippen LogP) is 3.72. The lowest BCUT2D eigenvalue weighted by molar-refractivity contribution is -0.198. The molecule has 1 aromatic heterocycles. The molecular weight excluding hydrogens is 506 g/mol. The van der Waals surface area contributed by atoms with Crippen LogP contribution in [0.15, 0.2) is 78.0 Å². The van der Waals surface area contributed by atoms with Crippen molar-refractivity contribution in [1.29, 1.82) is 0 Å². The zero-order chi connectivity index (χ0) is 26.8. The first-order valence-electron chi connectivity index (χ1n) is 12.5. The van der Waals surface area contributed by atoms with E-state index in [2.05, 4.69) is 10.8 Å². The SMILES string of the molecule is COCCNCc1ccc(-c2cccc(S(=O)(=O)n3ccc(C=CC(=O)NOC4CCCCO4)c3)c2)cc1. The second kappa shape index (κ2) is 13.5. The van der Waals surface area contributed by atoms with Crippen molar-refractivity contribution < 1.29 is 27.5 Å². The lowest BCUT2D eigenvalue weighted by atomic mass is 10.0. The maximum absolute atomic E-state index is 13.3. The molecule has 202 valence electrons. The van der Waals surface area contributed by atoms with Gasteiger partial charge in [-0.2, -0.15) is 0 Å². The molecule has 3 aromatic rings. The summed E-state index contributed by atoms with van der Waals surface area (Å²) in [6.07, 6.45) is 7.98. The van der Waals surface area contributed by atoms with E-state index in [1.165, 1.54) is 24.5 Å². The summed E-state index contributed by atoms with van der Waals surface area (Å²) < 4.78 is 38.1. The summed E-state index contributed by atoms with van der Waals surface area (Å²) in [5.41, 5.74) is 5.75. The summed E-state index contributed by atoms with van der Waals surface area (Å²) in [7, 11) is -2.15. The first kappa shape index (κ1) is 27.7. The Morgan fingerprint density at radius 1 is 1.13 bits per heavy atom. The molecule has 0 bridgehead atoms. The van der Waals surface area contributed by atoms with E-state index in [9.17, 15) is 13.2 Å². The van der Waals surface area contributed by atoms with Gasteiger partial charge in [-0.05, 0) is 59.4 Å². The number of ether oxygens (including phenoxy) is 2. The highest BCUT2D eigenvalue weighted by Crippen LogP contribution is 2.25. The fraction of sp³-hybridized carbons (Fsp3) is 0.321. The summed E-state index contributed by atoms with van der Waals surface area (Å²) in [6.45, 7) is 2.76. The number of hydroxylamine groups is 1. The highest BCUT2D eigenvalue weighted by molar-refractivity contribution is 7.90. The van der Waals surface area contributed by atoms with Crippen molar-refractivity contribution in [3.8, 4) is 11.1 Å². The highest BCUT2D eigenvalue weighted by atomic mass is 32.2. The average molecular weight is 540 g/mol. The van der Waals surface area contributed by atoms with Gasteiger partial charge in [0, 0.05) is 51.7 Å². The number of nitrogens with zero attached hydrogens (tertiary/aromatic N) is 1. The van der Waals surface area contributed by atoms with E-state index in [-0.39, 0.29) is 4.90 Å². The summed E-state index contributed by atoms with van der Waals surface area (Å²) >= 11 is 0. The molecule has 4 rings (SSSR count). The number of methoxy groups -OCH3 is 1. The number of carbonyl (C=O) groups is 1. The van der Waals surface area contributed by atoms with Crippen molar-refractivity contribution in [2.75, 3.05) is 26.9 Å². The summed E-state index contributed by atoms with van der Waals surface area (Å²) in [4.78, 5) is 17.5. The minimum atomic E-state index is -3.82. The lowest BCUT2D eigenvalue weighted by Gasteiger charge is -2.21. The molecule has 1 aliphatic rings. The Kier molecular flexibility index (Phi) is 9.85. The van der Waals surface area contributed by atoms with E-state index >= 15 is 0 Å². The average Bonchev–Trinajstić information content (AvgIpc) is 3.44. The van der Waals surface area contributed by atoms with Crippen LogP contribution in [0.5, 0.6) is 0 Å². The Hall–Kier alpha value is -3.28. The van der Waals surface area contributed by atoms with Gasteiger partial charge in [-0.1, -0.05) is 36.4 Å². The Morgan fingerprint density at radius 2 is 1.97 bits per heavy atom. The van der Waals surface area contributed by atoms with E-state index in [4.69, 9.17) is 14.3 Å². The molecule has 1 atom stereocenters. The van der Waals surface area contributed by atoms with Crippen molar-refractivity contribution in [3.05, 3.63) is 84.2 Å². The topological polar surface area (TPSA) is 108 Å². The molecule has 1 unspecified atom stereocenters. The third-order valence-corrected chi connectivity index (χ3v) is 7.69. The zero-order valence-electron chi connectivity index (χ0n) is 21.3. The van der Waals surface area contributed by atoms with Gasteiger partial charge in [0.05, 0.1) is 11.5 Å². The number of carbonyl (C=O) groups excluding carboxylic acids is 1. The fourth-order valence-electron chi connectivity index (χ4n) is 3.95. The molecule has 9 nitrogen and oxygen atoms in total. The van der Waals surface area contributed by atoms with Gasteiger partial charge in [-0.3, -0.25) is 4.79 Å². The van der Waals surface area contributed by atoms with E-state index < -0.39 is 22.2 Å².